The molecule has 0 amide bonds. The van der Waals surface area contributed by atoms with E-state index in [4.69, 9.17) is 0 Å². The Morgan fingerprint density at radius 3 is 2.39 bits per heavy atom. The molecule has 0 saturated heterocycles. The molecular weight excluding hydrogens is 306 g/mol. The number of aryl methyl sites for hydroxylation is 2. The second-order valence-corrected chi connectivity index (χ2v) is 6.40. The Bertz CT molecular complexity index is 513. The lowest BCUT2D eigenvalue weighted by Crippen LogP contribution is -2.20. The first-order chi connectivity index (χ1) is 8.63. The zero-order valence-corrected chi connectivity index (χ0v) is 13.4. The number of hydrogen-bond donors (Lipinski definition) is 1. The van der Waals surface area contributed by atoms with Crippen molar-refractivity contribution < 1.29 is 0 Å². The molecule has 1 N–H and O–H groups in total. The van der Waals surface area contributed by atoms with Crippen LogP contribution in [0.5, 0.6) is 0 Å². The Balaban J connectivity index is 2.32. The fourth-order valence-electron chi connectivity index (χ4n) is 2.38. The average molecular weight is 324 g/mol. The molecule has 1 nitrogen and oxygen atoms in total. The first kappa shape index (κ1) is 13.8. The molecule has 0 aliphatic heterocycles. The SMILES string of the molecule is CNC(Cc1sccc1Br)c1c(C)cccc1C. The van der Waals surface area contributed by atoms with Crippen LogP contribution in [0, 0.1) is 13.8 Å². The van der Waals surface area contributed by atoms with Crippen molar-refractivity contribution in [2.75, 3.05) is 7.05 Å². The molecule has 2 aromatic rings. The highest BCUT2D eigenvalue weighted by Crippen LogP contribution is 2.30. The molecule has 0 radical (unpaired) electrons. The molecule has 2 rings (SSSR count). The maximum absolute atomic E-state index is 3.62. The van der Waals surface area contributed by atoms with Gasteiger partial charge in [0.25, 0.3) is 0 Å². The molecule has 18 heavy (non-hydrogen) atoms. The molecule has 96 valence electrons. The Morgan fingerprint density at radius 2 is 1.89 bits per heavy atom. The summed E-state index contributed by atoms with van der Waals surface area (Å²) in [7, 11) is 2.04. The summed E-state index contributed by atoms with van der Waals surface area (Å²) < 4.78 is 1.22. The van der Waals surface area contributed by atoms with Gasteiger partial charge in [0.05, 0.1) is 0 Å². The lowest BCUT2D eigenvalue weighted by atomic mass is 9.94. The van der Waals surface area contributed by atoms with Gasteiger partial charge in [-0.15, -0.1) is 11.3 Å². The summed E-state index contributed by atoms with van der Waals surface area (Å²) in [5.74, 6) is 0. The standard InChI is InChI=1S/C15H18BrNS/c1-10-5-4-6-11(2)15(10)13(17-3)9-14-12(16)7-8-18-14/h4-8,13,17H,9H2,1-3H3. The van der Waals surface area contributed by atoms with Gasteiger partial charge in [-0.05, 0) is 65.0 Å². The number of benzene rings is 1. The van der Waals surface area contributed by atoms with E-state index >= 15 is 0 Å². The summed E-state index contributed by atoms with van der Waals surface area (Å²) >= 11 is 5.43. The third-order valence-electron chi connectivity index (χ3n) is 3.32. The van der Waals surface area contributed by atoms with E-state index in [0.717, 1.165) is 6.42 Å². The predicted octanol–water partition coefficient (Wildman–Crippen LogP) is 4.63. The molecule has 0 fully saturated rings. The lowest BCUT2D eigenvalue weighted by molar-refractivity contribution is 0.589. The van der Waals surface area contributed by atoms with Gasteiger partial charge >= 0.3 is 0 Å². The molecule has 1 aromatic heterocycles. The number of halogens is 1. The molecule has 1 heterocycles. The van der Waals surface area contributed by atoms with E-state index < -0.39 is 0 Å². The van der Waals surface area contributed by atoms with Crippen LogP contribution in [0.15, 0.2) is 34.1 Å². The van der Waals surface area contributed by atoms with E-state index in [2.05, 4.69) is 64.7 Å². The van der Waals surface area contributed by atoms with E-state index in [1.54, 1.807) is 0 Å². The minimum absolute atomic E-state index is 0.376. The first-order valence-electron chi connectivity index (χ1n) is 6.08. The van der Waals surface area contributed by atoms with Crippen molar-refractivity contribution in [2.45, 2.75) is 26.3 Å². The Hall–Kier alpha value is -0.640. The Morgan fingerprint density at radius 1 is 1.22 bits per heavy atom. The topological polar surface area (TPSA) is 12.0 Å². The fourth-order valence-corrected chi connectivity index (χ4v) is 3.94. The molecule has 0 aliphatic carbocycles. The van der Waals surface area contributed by atoms with Gasteiger partial charge < -0.3 is 5.32 Å². The van der Waals surface area contributed by atoms with Gasteiger partial charge in [0.15, 0.2) is 0 Å². The number of nitrogens with one attached hydrogen (secondary N) is 1. The highest BCUT2D eigenvalue weighted by molar-refractivity contribution is 9.10. The zero-order valence-electron chi connectivity index (χ0n) is 11.0. The van der Waals surface area contributed by atoms with Gasteiger partial charge in [-0.25, -0.2) is 0 Å². The summed E-state index contributed by atoms with van der Waals surface area (Å²) in [5.41, 5.74) is 4.16. The van der Waals surface area contributed by atoms with Crippen LogP contribution in [0.25, 0.3) is 0 Å². The highest BCUT2D eigenvalue weighted by Gasteiger charge is 2.16. The Kier molecular flexibility index (Phi) is 4.60. The van der Waals surface area contributed by atoms with Crippen molar-refractivity contribution in [3.63, 3.8) is 0 Å². The van der Waals surface area contributed by atoms with Crippen molar-refractivity contribution in [3.05, 3.63) is 55.7 Å². The number of hydrogen-bond acceptors (Lipinski definition) is 2. The first-order valence-corrected chi connectivity index (χ1v) is 7.76. The number of thiophene rings is 1. The molecule has 0 aliphatic rings. The molecule has 1 atom stereocenters. The quantitative estimate of drug-likeness (QED) is 0.864. The largest absolute Gasteiger partial charge is 0.313 e. The number of rotatable bonds is 4. The molecule has 0 spiro atoms. The van der Waals surface area contributed by atoms with E-state index in [1.807, 2.05) is 18.4 Å². The second-order valence-electron chi connectivity index (χ2n) is 4.54. The van der Waals surface area contributed by atoms with Crippen molar-refractivity contribution in [1.29, 1.82) is 0 Å². The van der Waals surface area contributed by atoms with Crippen LogP contribution < -0.4 is 5.32 Å². The van der Waals surface area contributed by atoms with Crippen LogP contribution >= 0.6 is 27.3 Å². The van der Waals surface area contributed by atoms with Crippen LogP contribution in [0.4, 0.5) is 0 Å². The van der Waals surface area contributed by atoms with Gasteiger partial charge in [0, 0.05) is 21.8 Å². The van der Waals surface area contributed by atoms with Crippen LogP contribution in [-0.2, 0) is 6.42 Å². The van der Waals surface area contributed by atoms with Crippen LogP contribution in [0.2, 0.25) is 0 Å². The third-order valence-corrected chi connectivity index (χ3v) is 5.27. The van der Waals surface area contributed by atoms with Crippen LogP contribution in [-0.4, -0.2) is 7.05 Å². The Labute approximate surface area is 121 Å². The molecule has 3 heteroatoms. The summed E-state index contributed by atoms with van der Waals surface area (Å²) in [4.78, 5) is 1.40. The van der Waals surface area contributed by atoms with Gasteiger partial charge in [0.2, 0.25) is 0 Å². The second kappa shape index (κ2) is 6.00. The predicted molar refractivity (Wildman–Crippen MR) is 83.4 cm³/mol. The zero-order chi connectivity index (χ0) is 13.1. The minimum Gasteiger partial charge on any atom is -0.313 e. The molecule has 1 unspecified atom stereocenters. The summed E-state index contributed by atoms with van der Waals surface area (Å²) in [5, 5.41) is 5.59. The molecule has 0 saturated carbocycles. The normalized spacial score (nSPS) is 12.7. The molecular formula is C15H18BrNS. The fraction of sp³-hybridized carbons (Fsp3) is 0.333. The van der Waals surface area contributed by atoms with Gasteiger partial charge in [-0.1, -0.05) is 18.2 Å². The van der Waals surface area contributed by atoms with Crippen LogP contribution in [0.1, 0.15) is 27.6 Å². The average Bonchev–Trinajstić information content (AvgIpc) is 2.73. The lowest BCUT2D eigenvalue weighted by Gasteiger charge is -2.21. The highest BCUT2D eigenvalue weighted by atomic mass is 79.9. The summed E-state index contributed by atoms with van der Waals surface area (Å²) in [6, 6.07) is 9.01. The smallest absolute Gasteiger partial charge is 0.0372 e. The summed E-state index contributed by atoms with van der Waals surface area (Å²) in [6.45, 7) is 4.38. The summed E-state index contributed by atoms with van der Waals surface area (Å²) in [6.07, 6.45) is 1.03. The van der Waals surface area contributed by atoms with E-state index in [9.17, 15) is 0 Å². The monoisotopic (exact) mass is 323 g/mol. The van der Waals surface area contributed by atoms with E-state index in [-0.39, 0.29) is 0 Å². The van der Waals surface area contributed by atoms with Crippen molar-refractivity contribution in [2.24, 2.45) is 0 Å². The number of likely N-dealkylation sites (N-methyl/N-ethyl adjacent to an activating group) is 1. The maximum Gasteiger partial charge on any atom is 0.0372 e. The molecule has 0 bridgehead atoms. The van der Waals surface area contributed by atoms with Gasteiger partial charge in [-0.3, -0.25) is 0 Å². The minimum atomic E-state index is 0.376. The van der Waals surface area contributed by atoms with Crippen LogP contribution in [0.3, 0.4) is 0 Å². The van der Waals surface area contributed by atoms with Crippen molar-refractivity contribution >= 4 is 27.3 Å². The maximum atomic E-state index is 3.62. The van der Waals surface area contributed by atoms with E-state index in [0.29, 0.717) is 6.04 Å². The van der Waals surface area contributed by atoms with Crippen molar-refractivity contribution in [1.82, 2.24) is 5.32 Å². The van der Waals surface area contributed by atoms with Gasteiger partial charge in [0.1, 0.15) is 0 Å². The van der Waals surface area contributed by atoms with Gasteiger partial charge in [-0.2, -0.15) is 0 Å². The van der Waals surface area contributed by atoms with E-state index in [1.165, 1.54) is 26.0 Å². The van der Waals surface area contributed by atoms with Crippen molar-refractivity contribution in [3.8, 4) is 0 Å². The molecule has 1 aromatic carbocycles. The third kappa shape index (κ3) is 2.85.